The second kappa shape index (κ2) is 8.14. The maximum absolute atomic E-state index is 15.1. The number of nitrogens with two attached hydrogens (primary N) is 1. The molecule has 1 saturated heterocycles. The fraction of sp³-hybridized carbons (Fsp3) is 0.458. The highest BCUT2D eigenvalue weighted by Crippen LogP contribution is 2.51. The van der Waals surface area contributed by atoms with Gasteiger partial charge in [0.15, 0.2) is 9.84 Å². The molecule has 3 atom stereocenters. The number of carbonyl (C=O) groups excluding carboxylic acids is 1. The van der Waals surface area contributed by atoms with Gasteiger partial charge in [-0.2, -0.15) is 0 Å². The Kier molecular flexibility index (Phi) is 5.87. The molecule has 0 spiro atoms. The van der Waals surface area contributed by atoms with Gasteiger partial charge in [0.2, 0.25) is 5.91 Å². The number of carbonyl (C=O) groups is 1. The van der Waals surface area contributed by atoms with Crippen LogP contribution in [-0.2, 0) is 26.5 Å². The van der Waals surface area contributed by atoms with Crippen molar-refractivity contribution < 1.29 is 27.1 Å². The predicted molar refractivity (Wildman–Crippen MR) is 120 cm³/mol. The smallest absolute Gasteiger partial charge is 0.228 e. The maximum atomic E-state index is 15.1. The van der Waals surface area contributed by atoms with Crippen molar-refractivity contribution >= 4 is 15.7 Å². The van der Waals surface area contributed by atoms with Crippen molar-refractivity contribution in [3.8, 4) is 0 Å². The first-order valence-corrected chi connectivity index (χ1v) is 12.5. The van der Waals surface area contributed by atoms with E-state index in [4.69, 9.17) is 5.73 Å². The monoisotopic (exact) mass is 478 g/mol. The van der Waals surface area contributed by atoms with Crippen molar-refractivity contribution in [2.24, 2.45) is 5.73 Å². The summed E-state index contributed by atoms with van der Waals surface area (Å²) in [6.45, 7) is 3.45. The molecule has 1 saturated carbocycles. The summed E-state index contributed by atoms with van der Waals surface area (Å²) in [4.78, 5) is 12.1. The average Bonchev–Trinajstić information content (AvgIpc) is 2.71. The van der Waals surface area contributed by atoms with Crippen LogP contribution in [0.5, 0.6) is 0 Å². The van der Waals surface area contributed by atoms with Gasteiger partial charge in [-0.15, -0.1) is 0 Å². The normalized spacial score (nSPS) is 33.3. The molecule has 178 valence electrons. The highest BCUT2D eigenvalue weighted by molar-refractivity contribution is 7.92. The van der Waals surface area contributed by atoms with Gasteiger partial charge < -0.3 is 16.2 Å². The van der Waals surface area contributed by atoms with Gasteiger partial charge in [0.1, 0.15) is 11.6 Å². The summed E-state index contributed by atoms with van der Waals surface area (Å²) < 4.78 is 57.1. The van der Waals surface area contributed by atoms with E-state index in [0.717, 1.165) is 12.1 Å². The molecule has 6 nitrogen and oxygen atoms in total. The Labute approximate surface area is 192 Å². The summed E-state index contributed by atoms with van der Waals surface area (Å²) in [5, 5.41) is 11.5. The van der Waals surface area contributed by atoms with E-state index in [1.54, 1.807) is 37.3 Å². The number of hydrogen-bond donors (Lipinski definition) is 3. The second-order valence-electron chi connectivity index (χ2n) is 9.65. The second-order valence-corrected chi connectivity index (χ2v) is 12.0. The van der Waals surface area contributed by atoms with Crippen molar-refractivity contribution in [2.75, 3.05) is 6.54 Å². The van der Waals surface area contributed by atoms with Gasteiger partial charge in [0.05, 0.1) is 21.5 Å². The highest BCUT2D eigenvalue weighted by atomic mass is 32.2. The van der Waals surface area contributed by atoms with E-state index in [1.807, 2.05) is 0 Å². The van der Waals surface area contributed by atoms with Gasteiger partial charge in [-0.1, -0.05) is 30.3 Å². The Morgan fingerprint density at radius 2 is 1.82 bits per heavy atom. The third kappa shape index (κ3) is 4.06. The molecule has 4 N–H and O–H groups in total. The fourth-order valence-electron chi connectivity index (χ4n) is 5.38. The minimum absolute atomic E-state index is 0.0853. The number of nitrogens with one attached hydrogen (secondary N) is 1. The summed E-state index contributed by atoms with van der Waals surface area (Å²) in [5.74, 6) is -2.48. The molecule has 1 heterocycles. The van der Waals surface area contributed by atoms with Crippen LogP contribution in [0, 0.1) is 11.6 Å². The van der Waals surface area contributed by atoms with Crippen LogP contribution in [-0.4, -0.2) is 42.9 Å². The summed E-state index contributed by atoms with van der Waals surface area (Å²) in [6, 6.07) is 10.2. The summed E-state index contributed by atoms with van der Waals surface area (Å²) >= 11 is 0. The Morgan fingerprint density at radius 3 is 2.39 bits per heavy atom. The molecule has 33 heavy (non-hydrogen) atoms. The van der Waals surface area contributed by atoms with Crippen LogP contribution >= 0.6 is 0 Å². The molecule has 2 aromatic rings. The van der Waals surface area contributed by atoms with Gasteiger partial charge >= 0.3 is 0 Å². The third-order valence-electron chi connectivity index (χ3n) is 7.08. The fourth-order valence-corrected chi connectivity index (χ4v) is 7.74. The summed E-state index contributed by atoms with van der Waals surface area (Å²) in [5.41, 5.74) is 3.16. The zero-order valence-electron chi connectivity index (χ0n) is 18.5. The zero-order chi connectivity index (χ0) is 24.2. The lowest BCUT2D eigenvalue weighted by molar-refractivity contribution is -0.142. The number of primary amides is 1. The van der Waals surface area contributed by atoms with E-state index in [-0.39, 0.29) is 36.9 Å². The highest BCUT2D eigenvalue weighted by Gasteiger charge is 2.57. The number of amides is 1. The number of rotatable bonds is 5. The van der Waals surface area contributed by atoms with Crippen LogP contribution in [0.2, 0.25) is 0 Å². The first kappa shape index (κ1) is 23.8. The zero-order valence-corrected chi connectivity index (χ0v) is 19.3. The van der Waals surface area contributed by atoms with Gasteiger partial charge in [-0.25, -0.2) is 17.2 Å². The lowest BCUT2D eigenvalue weighted by Crippen LogP contribution is -2.59. The van der Waals surface area contributed by atoms with Crippen LogP contribution in [0.4, 0.5) is 8.78 Å². The Hall–Kier alpha value is -2.36. The van der Waals surface area contributed by atoms with E-state index < -0.39 is 54.9 Å². The molecular formula is C24H28F2N2O4S. The average molecular weight is 479 g/mol. The topological polar surface area (TPSA) is 109 Å². The van der Waals surface area contributed by atoms with Crippen molar-refractivity contribution in [3.63, 3.8) is 0 Å². The van der Waals surface area contributed by atoms with E-state index >= 15 is 8.78 Å². The molecule has 9 heteroatoms. The van der Waals surface area contributed by atoms with Crippen LogP contribution in [0.1, 0.15) is 48.6 Å². The molecule has 1 aliphatic carbocycles. The van der Waals surface area contributed by atoms with E-state index in [0.29, 0.717) is 5.56 Å². The SMILES string of the molecule is C[C@@H]1NC[C@@H](c2ccccc2)S(=O)(=O)C1Cc1cc(F)c(C2(C(N)=O)CC(C)(O)C2)cc1F. The van der Waals surface area contributed by atoms with Crippen LogP contribution < -0.4 is 11.1 Å². The lowest BCUT2D eigenvalue weighted by Gasteiger charge is -2.50. The molecule has 4 rings (SSSR count). The van der Waals surface area contributed by atoms with Gasteiger partial charge in [0.25, 0.3) is 0 Å². The number of halogens is 2. The molecule has 1 aliphatic heterocycles. The van der Waals surface area contributed by atoms with Crippen molar-refractivity contribution in [2.45, 2.75) is 60.7 Å². The Morgan fingerprint density at radius 1 is 1.18 bits per heavy atom. The summed E-state index contributed by atoms with van der Waals surface area (Å²) in [7, 11) is -3.71. The standard InChI is InChI=1S/C24H28F2N2O4S/c1-14-20(33(31,32)21(11-28-14)15-6-4-3-5-7-15)9-16-8-19(26)17(10-18(16)25)24(22(27)29)12-23(2,30)13-24/h3-8,10,14,20-21,28,30H,9,11-13H2,1-2H3,(H2,27,29)/t14-,20?,21-,23?,24?/m0/s1. The molecule has 1 unspecified atom stereocenters. The van der Waals surface area contributed by atoms with Crippen molar-refractivity contribution in [3.05, 3.63) is 70.8 Å². The van der Waals surface area contributed by atoms with E-state index in [1.165, 1.54) is 6.92 Å². The van der Waals surface area contributed by atoms with Gasteiger partial charge in [-0.05, 0) is 56.4 Å². The van der Waals surface area contributed by atoms with Crippen molar-refractivity contribution in [1.29, 1.82) is 0 Å². The molecule has 2 aliphatic rings. The molecule has 2 fully saturated rings. The number of sulfone groups is 1. The molecule has 0 radical (unpaired) electrons. The van der Waals surface area contributed by atoms with Crippen molar-refractivity contribution in [1.82, 2.24) is 5.32 Å². The lowest BCUT2D eigenvalue weighted by atomic mass is 9.56. The van der Waals surface area contributed by atoms with Crippen LogP contribution in [0.25, 0.3) is 0 Å². The van der Waals surface area contributed by atoms with Crippen LogP contribution in [0.3, 0.4) is 0 Å². The molecular weight excluding hydrogens is 450 g/mol. The molecule has 0 aromatic heterocycles. The first-order chi connectivity index (χ1) is 15.4. The predicted octanol–water partition coefficient (Wildman–Crippen LogP) is 2.29. The Balaban J connectivity index is 1.66. The largest absolute Gasteiger partial charge is 0.390 e. The Bertz CT molecular complexity index is 1180. The van der Waals surface area contributed by atoms with Gasteiger partial charge in [-0.3, -0.25) is 4.79 Å². The molecule has 1 amide bonds. The van der Waals surface area contributed by atoms with E-state index in [2.05, 4.69) is 5.32 Å². The number of benzene rings is 2. The number of hydrogen-bond acceptors (Lipinski definition) is 5. The summed E-state index contributed by atoms with van der Waals surface area (Å²) in [6.07, 6.45) is -0.437. The quantitative estimate of drug-likeness (QED) is 0.611. The number of aliphatic hydroxyl groups is 1. The van der Waals surface area contributed by atoms with Crippen LogP contribution in [0.15, 0.2) is 42.5 Å². The third-order valence-corrected chi connectivity index (χ3v) is 9.73. The minimum Gasteiger partial charge on any atom is -0.390 e. The van der Waals surface area contributed by atoms with E-state index in [9.17, 15) is 18.3 Å². The molecule has 0 bridgehead atoms. The minimum atomic E-state index is -3.71. The molecule has 2 aromatic carbocycles. The van der Waals surface area contributed by atoms with Gasteiger partial charge in [0, 0.05) is 18.2 Å². The maximum Gasteiger partial charge on any atom is 0.228 e. The first-order valence-electron chi connectivity index (χ1n) is 10.9.